The lowest BCUT2D eigenvalue weighted by molar-refractivity contribution is 0.0240. The molecular formula is C16H23N5O2. The van der Waals surface area contributed by atoms with Gasteiger partial charge in [-0.15, -0.1) is 0 Å². The molecule has 124 valence electrons. The molecule has 2 aromatic heterocycles. The van der Waals surface area contributed by atoms with Crippen molar-refractivity contribution in [2.75, 3.05) is 31.1 Å². The maximum Gasteiger partial charge on any atom is 0.410 e. The van der Waals surface area contributed by atoms with Crippen molar-refractivity contribution in [2.45, 2.75) is 33.3 Å². The topological polar surface area (TPSA) is 63.0 Å². The van der Waals surface area contributed by atoms with Crippen LogP contribution >= 0.6 is 0 Å². The normalized spacial score (nSPS) is 16.0. The molecule has 0 saturated carbocycles. The average molecular weight is 317 g/mol. The van der Waals surface area contributed by atoms with Crippen LogP contribution in [0.25, 0.3) is 5.65 Å². The van der Waals surface area contributed by atoms with Gasteiger partial charge in [0.1, 0.15) is 5.60 Å². The molecule has 7 nitrogen and oxygen atoms in total. The van der Waals surface area contributed by atoms with E-state index in [4.69, 9.17) is 4.74 Å². The molecule has 0 radical (unpaired) electrons. The van der Waals surface area contributed by atoms with Gasteiger partial charge in [0.05, 0.1) is 0 Å². The van der Waals surface area contributed by atoms with Crippen molar-refractivity contribution in [3.63, 3.8) is 0 Å². The quantitative estimate of drug-likeness (QED) is 0.806. The predicted octanol–water partition coefficient (Wildman–Crippen LogP) is 2.09. The van der Waals surface area contributed by atoms with E-state index in [0.29, 0.717) is 13.1 Å². The van der Waals surface area contributed by atoms with Gasteiger partial charge in [-0.2, -0.15) is 0 Å². The third-order valence-electron chi connectivity index (χ3n) is 3.83. The zero-order chi connectivity index (χ0) is 16.6. The highest BCUT2D eigenvalue weighted by atomic mass is 16.6. The molecule has 0 aliphatic carbocycles. The number of aryl methyl sites for hydroxylation is 1. The first-order chi connectivity index (χ1) is 10.8. The molecule has 0 bridgehead atoms. The Morgan fingerprint density at radius 2 is 1.87 bits per heavy atom. The first-order valence-electron chi connectivity index (χ1n) is 7.87. The standard InChI is InChI=1S/C16H23N5O2/c1-12-11-18-14-13(17-5-6-21(12)14)19-7-9-20(10-8-19)15(22)23-16(2,3)4/h5-6,11H,7-10H2,1-4H3. The molecule has 3 rings (SSSR count). The first-order valence-corrected chi connectivity index (χ1v) is 7.87. The molecule has 0 N–H and O–H groups in total. The fourth-order valence-corrected chi connectivity index (χ4v) is 2.68. The zero-order valence-electron chi connectivity index (χ0n) is 14.1. The van der Waals surface area contributed by atoms with Gasteiger partial charge in [0.15, 0.2) is 11.5 Å². The molecule has 23 heavy (non-hydrogen) atoms. The number of hydrogen-bond donors (Lipinski definition) is 0. The van der Waals surface area contributed by atoms with Crippen LogP contribution in [0.3, 0.4) is 0 Å². The number of carbonyl (C=O) groups excluding carboxylic acids is 1. The van der Waals surface area contributed by atoms with E-state index >= 15 is 0 Å². The van der Waals surface area contributed by atoms with E-state index < -0.39 is 5.60 Å². The fourth-order valence-electron chi connectivity index (χ4n) is 2.68. The van der Waals surface area contributed by atoms with Crippen LogP contribution in [0.4, 0.5) is 10.6 Å². The van der Waals surface area contributed by atoms with Crippen molar-refractivity contribution in [2.24, 2.45) is 0 Å². The van der Waals surface area contributed by atoms with E-state index in [1.165, 1.54) is 0 Å². The lowest BCUT2D eigenvalue weighted by atomic mass is 10.2. The Labute approximate surface area is 135 Å². The Bertz CT molecular complexity index is 711. The summed E-state index contributed by atoms with van der Waals surface area (Å²) in [7, 11) is 0. The minimum atomic E-state index is -0.464. The summed E-state index contributed by atoms with van der Waals surface area (Å²) in [5.74, 6) is 0.865. The second kappa shape index (κ2) is 5.72. The summed E-state index contributed by atoms with van der Waals surface area (Å²) in [5.41, 5.74) is 1.47. The molecule has 0 unspecified atom stereocenters. The Morgan fingerprint density at radius 1 is 1.17 bits per heavy atom. The van der Waals surface area contributed by atoms with Gasteiger partial charge in [-0.3, -0.25) is 4.40 Å². The van der Waals surface area contributed by atoms with Gasteiger partial charge in [0.25, 0.3) is 0 Å². The van der Waals surface area contributed by atoms with Gasteiger partial charge in [0.2, 0.25) is 0 Å². The average Bonchev–Trinajstić information content (AvgIpc) is 2.87. The summed E-state index contributed by atoms with van der Waals surface area (Å²) in [5, 5.41) is 0. The van der Waals surface area contributed by atoms with Gasteiger partial charge in [-0.05, 0) is 27.7 Å². The number of anilines is 1. The molecule has 1 saturated heterocycles. The molecule has 1 amide bonds. The van der Waals surface area contributed by atoms with Crippen molar-refractivity contribution in [1.82, 2.24) is 19.3 Å². The summed E-state index contributed by atoms with van der Waals surface area (Å²) >= 11 is 0. The van der Waals surface area contributed by atoms with E-state index in [9.17, 15) is 4.79 Å². The van der Waals surface area contributed by atoms with E-state index in [2.05, 4.69) is 14.9 Å². The number of hydrogen-bond acceptors (Lipinski definition) is 5. The highest BCUT2D eigenvalue weighted by Crippen LogP contribution is 2.20. The van der Waals surface area contributed by atoms with Crippen molar-refractivity contribution in [3.05, 3.63) is 24.3 Å². The van der Waals surface area contributed by atoms with Crippen molar-refractivity contribution in [3.8, 4) is 0 Å². The number of nitrogens with zero attached hydrogens (tertiary/aromatic N) is 5. The van der Waals surface area contributed by atoms with Gasteiger partial charge in [-0.1, -0.05) is 0 Å². The van der Waals surface area contributed by atoms with Crippen LogP contribution in [-0.2, 0) is 4.74 Å². The molecule has 1 aliphatic rings. The summed E-state index contributed by atoms with van der Waals surface area (Å²) < 4.78 is 7.46. The molecule has 1 aliphatic heterocycles. The number of aromatic nitrogens is 3. The number of piperazine rings is 1. The summed E-state index contributed by atoms with van der Waals surface area (Å²) in [4.78, 5) is 25.0. The Hall–Kier alpha value is -2.31. The third kappa shape index (κ3) is 3.23. The SMILES string of the molecule is Cc1cnc2c(N3CCN(C(=O)OC(C)(C)C)CC3)nccn12. The highest BCUT2D eigenvalue weighted by molar-refractivity contribution is 5.69. The van der Waals surface area contributed by atoms with Gasteiger partial charge in [-0.25, -0.2) is 14.8 Å². The van der Waals surface area contributed by atoms with E-state index in [0.717, 1.165) is 30.2 Å². The molecule has 3 heterocycles. The van der Waals surface area contributed by atoms with E-state index in [1.807, 2.05) is 44.5 Å². The molecule has 2 aromatic rings. The van der Waals surface area contributed by atoms with Gasteiger partial charge >= 0.3 is 6.09 Å². The van der Waals surface area contributed by atoms with Crippen LogP contribution in [0.15, 0.2) is 18.6 Å². The summed E-state index contributed by atoms with van der Waals surface area (Å²) in [6, 6.07) is 0. The molecule has 0 atom stereocenters. The minimum Gasteiger partial charge on any atom is -0.444 e. The largest absolute Gasteiger partial charge is 0.444 e. The van der Waals surface area contributed by atoms with Crippen LogP contribution in [0.5, 0.6) is 0 Å². The Morgan fingerprint density at radius 3 is 2.52 bits per heavy atom. The van der Waals surface area contributed by atoms with Crippen molar-refractivity contribution >= 4 is 17.6 Å². The van der Waals surface area contributed by atoms with Gasteiger partial charge < -0.3 is 14.5 Å². The van der Waals surface area contributed by atoms with Crippen LogP contribution in [0.1, 0.15) is 26.5 Å². The number of imidazole rings is 1. The number of carbonyl (C=O) groups is 1. The maximum atomic E-state index is 12.1. The van der Waals surface area contributed by atoms with Crippen LogP contribution in [-0.4, -0.2) is 57.1 Å². The summed E-state index contributed by atoms with van der Waals surface area (Å²) in [6.45, 7) is 10.3. The fraction of sp³-hybridized carbons (Fsp3) is 0.562. The first kappa shape index (κ1) is 15.6. The van der Waals surface area contributed by atoms with E-state index in [1.54, 1.807) is 11.1 Å². The molecule has 0 spiro atoms. The lowest BCUT2D eigenvalue weighted by Crippen LogP contribution is -2.50. The number of rotatable bonds is 1. The Balaban J connectivity index is 1.70. The third-order valence-corrected chi connectivity index (χ3v) is 3.83. The minimum absolute atomic E-state index is 0.250. The second-order valence-corrected chi connectivity index (χ2v) is 6.80. The maximum absolute atomic E-state index is 12.1. The monoisotopic (exact) mass is 317 g/mol. The van der Waals surface area contributed by atoms with Crippen molar-refractivity contribution in [1.29, 1.82) is 0 Å². The number of amides is 1. The lowest BCUT2D eigenvalue weighted by Gasteiger charge is -2.36. The molecule has 1 fully saturated rings. The number of ether oxygens (including phenoxy) is 1. The van der Waals surface area contributed by atoms with Crippen LogP contribution in [0.2, 0.25) is 0 Å². The number of fused-ring (bicyclic) bond motifs is 1. The predicted molar refractivity (Wildman–Crippen MR) is 87.7 cm³/mol. The molecule has 0 aromatic carbocycles. The molecular weight excluding hydrogens is 294 g/mol. The Kier molecular flexibility index (Phi) is 3.87. The highest BCUT2D eigenvalue weighted by Gasteiger charge is 2.27. The van der Waals surface area contributed by atoms with Crippen LogP contribution in [0, 0.1) is 6.92 Å². The smallest absolute Gasteiger partial charge is 0.410 e. The second-order valence-electron chi connectivity index (χ2n) is 6.80. The van der Waals surface area contributed by atoms with Gasteiger partial charge in [0, 0.05) is 50.5 Å². The summed E-state index contributed by atoms with van der Waals surface area (Å²) in [6.07, 6.45) is 5.30. The van der Waals surface area contributed by atoms with Crippen molar-refractivity contribution < 1.29 is 9.53 Å². The zero-order valence-corrected chi connectivity index (χ0v) is 14.1. The van der Waals surface area contributed by atoms with E-state index in [-0.39, 0.29) is 6.09 Å². The molecule has 7 heteroatoms. The van der Waals surface area contributed by atoms with Crippen LogP contribution < -0.4 is 4.90 Å².